The summed E-state index contributed by atoms with van der Waals surface area (Å²) in [7, 11) is -5.12. The Morgan fingerprint density at radius 1 is 0.706 bits per heavy atom. The maximum Gasteiger partial charge on any atom is 0.397 e. The zero-order valence-electron chi connectivity index (χ0n) is 40.1. The highest BCUT2D eigenvalue weighted by atomic mass is 32.3. The van der Waals surface area contributed by atoms with Gasteiger partial charge in [0.05, 0.1) is 31.3 Å². The molecule has 3 aliphatic heterocycles. The van der Waals surface area contributed by atoms with Gasteiger partial charge in [0, 0.05) is 0 Å². The van der Waals surface area contributed by atoms with Crippen molar-refractivity contribution >= 4 is 16.4 Å². The molecule has 0 aromatic rings. The van der Waals surface area contributed by atoms with Crippen LogP contribution in [0.3, 0.4) is 0 Å². The molecule has 0 radical (unpaired) electrons. The molecule has 21 heteroatoms. The van der Waals surface area contributed by atoms with Gasteiger partial charge in [0.25, 0.3) is 0 Å². The molecule has 8 aliphatic rings. The van der Waals surface area contributed by atoms with Crippen LogP contribution in [0.15, 0.2) is 11.6 Å². The number of aliphatic hydroxyl groups is 9. The number of rotatable bonds is 10. The van der Waals surface area contributed by atoms with Crippen LogP contribution in [0.25, 0.3) is 0 Å². The van der Waals surface area contributed by atoms with Crippen molar-refractivity contribution in [1.82, 2.24) is 0 Å². The number of carbonyl (C=O) groups is 1. The van der Waals surface area contributed by atoms with Crippen LogP contribution >= 0.6 is 0 Å². The number of esters is 1. The summed E-state index contributed by atoms with van der Waals surface area (Å²) >= 11 is 0. The smallest absolute Gasteiger partial charge is 0.397 e. The molecule has 22 atom stereocenters. The summed E-state index contributed by atoms with van der Waals surface area (Å²) in [6.07, 6.45) is -13.4. The molecule has 0 bridgehead atoms. The summed E-state index contributed by atoms with van der Waals surface area (Å²) in [5.41, 5.74) is -0.700. The molecule has 0 spiro atoms. The normalized spacial score (nSPS) is 51.2. The van der Waals surface area contributed by atoms with Crippen molar-refractivity contribution in [2.75, 3.05) is 19.8 Å². The molecule has 390 valence electrons. The number of hydrogen-bond donors (Lipinski definition) is 10. The minimum atomic E-state index is -5.12. The van der Waals surface area contributed by atoms with Crippen molar-refractivity contribution in [3.05, 3.63) is 11.6 Å². The number of aliphatic hydroxyl groups excluding tert-OH is 9. The van der Waals surface area contributed by atoms with Crippen LogP contribution in [0.1, 0.15) is 113 Å². The van der Waals surface area contributed by atoms with E-state index in [1.807, 2.05) is 0 Å². The minimum absolute atomic E-state index is 0.0658. The Bertz CT molecular complexity index is 2000. The fourth-order valence-electron chi connectivity index (χ4n) is 15.0. The summed E-state index contributed by atoms with van der Waals surface area (Å²) < 4.78 is 71.9. The molecule has 10 N–H and O–H groups in total. The average Bonchev–Trinajstić information content (AvgIpc) is 3.26. The highest BCUT2D eigenvalue weighted by Gasteiger charge is 2.70. The Morgan fingerprint density at radius 3 is 2.01 bits per heavy atom. The molecule has 3 saturated heterocycles. The third-order valence-electron chi connectivity index (χ3n) is 19.1. The van der Waals surface area contributed by atoms with E-state index in [4.69, 9.17) is 28.4 Å². The van der Waals surface area contributed by atoms with Crippen molar-refractivity contribution in [2.45, 2.75) is 205 Å². The number of allylic oxidation sites excluding steroid dienone is 2. The molecular weight excluding hydrogens is 917 g/mol. The van der Waals surface area contributed by atoms with Gasteiger partial charge in [-0.1, -0.05) is 60.1 Å². The quantitative estimate of drug-likeness (QED) is 0.0620. The lowest BCUT2D eigenvalue weighted by molar-refractivity contribution is -0.355. The Kier molecular flexibility index (Phi) is 14.3. The Labute approximate surface area is 398 Å². The summed E-state index contributed by atoms with van der Waals surface area (Å²) in [5.74, 6) is -0.206. The van der Waals surface area contributed by atoms with Gasteiger partial charge in [0.1, 0.15) is 67.1 Å². The molecule has 68 heavy (non-hydrogen) atoms. The van der Waals surface area contributed by atoms with Crippen molar-refractivity contribution in [3.8, 4) is 0 Å². The number of fused-ring (bicyclic) bond motifs is 7. The molecule has 0 aromatic carbocycles. The molecule has 0 amide bonds. The van der Waals surface area contributed by atoms with E-state index in [0.29, 0.717) is 19.3 Å². The lowest BCUT2D eigenvalue weighted by Gasteiger charge is -2.71. The minimum Gasteiger partial charge on any atom is -0.432 e. The second-order valence-electron chi connectivity index (χ2n) is 23.5. The van der Waals surface area contributed by atoms with Gasteiger partial charge in [-0.3, -0.25) is 9.35 Å². The number of hydrogen-bond acceptors (Lipinski definition) is 19. The molecule has 0 aromatic heterocycles. The van der Waals surface area contributed by atoms with Gasteiger partial charge in [-0.25, -0.2) is 4.18 Å². The van der Waals surface area contributed by atoms with Gasteiger partial charge in [0.2, 0.25) is 6.29 Å². The van der Waals surface area contributed by atoms with Gasteiger partial charge in [-0.15, -0.1) is 0 Å². The van der Waals surface area contributed by atoms with Crippen LogP contribution in [-0.4, -0.2) is 177 Å². The van der Waals surface area contributed by atoms with Crippen LogP contribution < -0.4 is 0 Å². The Hall–Kier alpha value is -1.48. The molecule has 20 nitrogen and oxygen atoms in total. The first-order chi connectivity index (χ1) is 31.6. The highest BCUT2D eigenvalue weighted by molar-refractivity contribution is 7.80. The van der Waals surface area contributed by atoms with E-state index in [1.54, 1.807) is 0 Å². The molecule has 8 rings (SSSR count). The van der Waals surface area contributed by atoms with Crippen molar-refractivity contribution < 1.29 is 96.3 Å². The summed E-state index contributed by atoms with van der Waals surface area (Å²) in [6, 6.07) is 0. The van der Waals surface area contributed by atoms with E-state index in [2.05, 4.69) is 58.7 Å². The Morgan fingerprint density at radius 2 is 1.35 bits per heavy atom. The van der Waals surface area contributed by atoms with Crippen molar-refractivity contribution in [1.29, 1.82) is 0 Å². The van der Waals surface area contributed by atoms with Gasteiger partial charge >= 0.3 is 16.4 Å². The maximum atomic E-state index is 14.7. The first kappa shape index (κ1) is 52.8. The molecule has 4 saturated carbocycles. The average molecular weight is 993 g/mol. The lowest BCUT2D eigenvalue weighted by atomic mass is 9.33. The van der Waals surface area contributed by atoms with E-state index in [-0.39, 0.29) is 46.0 Å². The van der Waals surface area contributed by atoms with Crippen LogP contribution in [0.5, 0.6) is 0 Å². The zero-order chi connectivity index (χ0) is 49.9. The SMILES string of the molecule is CC1(C)CC[C@]2(C(=O)O[C@@H]3O[C@H](CO)[C@@H](O)[C@H](O)[C@H]3O)CC[C@]3(C)C(=CC[C@@H]4[C@@]5(C)CC[C@H](O[C@@H]6OC[C@H](O)[C@H](O[C@@H]7O[C@H](CO)[C@@H](OS(=O)(=O)O)[C@H](O)[C@H]7O)[C@H]6O)C(C)(C)[C@@H]5CC[C@]43C)[C@@H]2C1. The number of ether oxygens (including phenoxy) is 6. The predicted molar refractivity (Wildman–Crippen MR) is 235 cm³/mol. The van der Waals surface area contributed by atoms with Crippen molar-refractivity contribution in [3.63, 3.8) is 0 Å². The first-order valence-electron chi connectivity index (χ1n) is 24.4. The van der Waals surface area contributed by atoms with E-state index >= 15 is 0 Å². The summed E-state index contributed by atoms with van der Waals surface area (Å²) in [4.78, 5) is 14.7. The maximum absolute atomic E-state index is 14.7. The fourth-order valence-corrected chi connectivity index (χ4v) is 15.5. The third kappa shape index (κ3) is 8.65. The number of carbonyl (C=O) groups excluding carboxylic acids is 1. The standard InChI is InChI=1S/C47H76O20S/c1-42(2)14-16-47(41(57)66-40-33(54)31(52)30(51)25(19-48)62-40)17-15-45(6)22(23(47)18-42)8-9-28-44(5)12-11-29(43(3,4)27(44)10-13-46(28,45)7)64-38-35(56)36(24(50)21-61-38)65-39-34(55)32(53)37(26(20-49)63-39)67-68(58,59)60/h8,23-40,48-56H,9-21H2,1-7H3,(H,58,59,60)/t23-,24-,25+,26+,27-,28+,29-,30+,31-,32+,33+,34+,35+,36-,37+,38-,39-,40-,44-,45+,46+,47-/m0/s1. The zero-order valence-corrected chi connectivity index (χ0v) is 40.9. The summed E-state index contributed by atoms with van der Waals surface area (Å²) in [5, 5.41) is 95.4. The van der Waals surface area contributed by atoms with E-state index in [0.717, 1.165) is 44.9 Å². The monoisotopic (exact) mass is 992 g/mol. The Balaban J connectivity index is 0.989. The molecule has 7 fully saturated rings. The van der Waals surface area contributed by atoms with Crippen LogP contribution in [0.2, 0.25) is 0 Å². The summed E-state index contributed by atoms with van der Waals surface area (Å²) in [6.45, 7) is 14.2. The fraction of sp³-hybridized carbons (Fsp3) is 0.936. The molecular formula is C47H76O20S. The second-order valence-corrected chi connectivity index (χ2v) is 24.6. The van der Waals surface area contributed by atoms with E-state index in [9.17, 15) is 63.7 Å². The largest absolute Gasteiger partial charge is 0.432 e. The predicted octanol–water partition coefficient (Wildman–Crippen LogP) is 0.607. The second kappa shape index (κ2) is 18.5. The molecule has 5 aliphatic carbocycles. The highest BCUT2D eigenvalue weighted by Crippen LogP contribution is 2.76. The lowest BCUT2D eigenvalue weighted by Crippen LogP contribution is -2.66. The van der Waals surface area contributed by atoms with Gasteiger partial charge in [-0.05, 0) is 109 Å². The van der Waals surface area contributed by atoms with Crippen LogP contribution in [0.4, 0.5) is 0 Å². The van der Waals surface area contributed by atoms with Gasteiger partial charge in [0.15, 0.2) is 12.6 Å². The molecule has 0 unspecified atom stereocenters. The van der Waals surface area contributed by atoms with Crippen LogP contribution in [-0.2, 0) is 47.8 Å². The van der Waals surface area contributed by atoms with E-state index in [1.165, 1.54) is 5.57 Å². The van der Waals surface area contributed by atoms with Gasteiger partial charge in [-0.2, -0.15) is 8.42 Å². The third-order valence-corrected chi connectivity index (χ3v) is 19.6. The van der Waals surface area contributed by atoms with E-state index < -0.39 is 133 Å². The van der Waals surface area contributed by atoms with Crippen LogP contribution in [0, 0.1) is 50.2 Å². The topological polar surface area (TPSA) is 318 Å². The molecule has 3 heterocycles. The first-order valence-corrected chi connectivity index (χ1v) is 25.7. The van der Waals surface area contributed by atoms with Gasteiger partial charge < -0.3 is 74.4 Å². The van der Waals surface area contributed by atoms with Crippen molar-refractivity contribution in [2.24, 2.45) is 50.2 Å².